The van der Waals surface area contributed by atoms with E-state index in [1.807, 2.05) is 6.07 Å². The number of benzene rings is 1. The Morgan fingerprint density at radius 1 is 1.56 bits per heavy atom. The van der Waals surface area contributed by atoms with E-state index in [0.717, 1.165) is 25.1 Å². The van der Waals surface area contributed by atoms with E-state index in [0.29, 0.717) is 11.7 Å². The minimum atomic E-state index is -0.401. The lowest BCUT2D eigenvalue weighted by Crippen LogP contribution is -2.43. The van der Waals surface area contributed by atoms with Crippen LogP contribution in [0.3, 0.4) is 0 Å². The Labute approximate surface area is 93.6 Å². The Morgan fingerprint density at radius 3 is 2.81 bits per heavy atom. The molecule has 1 aliphatic rings. The summed E-state index contributed by atoms with van der Waals surface area (Å²) in [6.07, 6.45) is 0.887. The molecule has 0 saturated carbocycles. The largest absolute Gasteiger partial charge is 0.490 e. The number of rotatable bonds is 4. The molecule has 0 spiro atoms. The molecule has 1 heterocycles. The van der Waals surface area contributed by atoms with Gasteiger partial charge in [-0.05, 0) is 37.1 Å². The van der Waals surface area contributed by atoms with Crippen molar-refractivity contribution < 1.29 is 9.66 Å². The standard InChI is InChI=1S/C11H14N2O3/c1-16-11-3-2-8(4-9-6-12-7-9)5-10(11)13(14)15/h2-3,5,9,12H,4,6-7H2,1H3. The first-order valence-electron chi connectivity index (χ1n) is 5.22. The molecular weight excluding hydrogens is 208 g/mol. The van der Waals surface area contributed by atoms with Crippen molar-refractivity contribution in [3.8, 4) is 5.75 Å². The topological polar surface area (TPSA) is 64.4 Å². The molecule has 0 atom stereocenters. The van der Waals surface area contributed by atoms with E-state index in [1.54, 1.807) is 12.1 Å². The number of nitrogens with zero attached hydrogens (tertiary/aromatic N) is 1. The molecule has 0 aromatic heterocycles. The van der Waals surface area contributed by atoms with Crippen molar-refractivity contribution in [3.63, 3.8) is 0 Å². The first kappa shape index (κ1) is 10.9. The second-order valence-electron chi connectivity index (χ2n) is 3.99. The van der Waals surface area contributed by atoms with Crippen LogP contribution < -0.4 is 10.1 Å². The fourth-order valence-electron chi connectivity index (χ4n) is 1.83. The van der Waals surface area contributed by atoms with Crippen molar-refractivity contribution in [2.45, 2.75) is 6.42 Å². The molecule has 5 heteroatoms. The van der Waals surface area contributed by atoms with Crippen LogP contribution in [0, 0.1) is 16.0 Å². The van der Waals surface area contributed by atoms with Gasteiger partial charge < -0.3 is 10.1 Å². The van der Waals surface area contributed by atoms with Crippen LogP contribution >= 0.6 is 0 Å². The first-order valence-corrected chi connectivity index (χ1v) is 5.22. The highest BCUT2D eigenvalue weighted by molar-refractivity contribution is 5.48. The summed E-state index contributed by atoms with van der Waals surface area (Å²) in [6, 6.07) is 5.17. The Morgan fingerprint density at radius 2 is 2.31 bits per heavy atom. The van der Waals surface area contributed by atoms with Gasteiger partial charge in [0, 0.05) is 6.07 Å². The minimum Gasteiger partial charge on any atom is -0.490 e. The molecule has 0 radical (unpaired) electrons. The quantitative estimate of drug-likeness (QED) is 0.617. The highest BCUT2D eigenvalue weighted by Gasteiger charge is 2.20. The Kier molecular flexibility index (Phi) is 3.05. The zero-order valence-corrected chi connectivity index (χ0v) is 9.10. The van der Waals surface area contributed by atoms with Crippen LogP contribution in [0.2, 0.25) is 0 Å². The molecule has 1 aromatic rings. The maximum atomic E-state index is 10.8. The van der Waals surface area contributed by atoms with Crippen LogP contribution in [0.1, 0.15) is 5.56 Å². The van der Waals surface area contributed by atoms with Gasteiger partial charge in [-0.25, -0.2) is 0 Å². The van der Waals surface area contributed by atoms with Gasteiger partial charge in [-0.2, -0.15) is 0 Å². The third kappa shape index (κ3) is 2.14. The van der Waals surface area contributed by atoms with Gasteiger partial charge in [0.15, 0.2) is 5.75 Å². The number of methoxy groups -OCH3 is 1. The van der Waals surface area contributed by atoms with E-state index in [4.69, 9.17) is 4.74 Å². The Hall–Kier alpha value is -1.62. The molecule has 2 rings (SSSR count). The molecular formula is C11H14N2O3. The van der Waals surface area contributed by atoms with Crippen LogP contribution in [0.5, 0.6) is 5.75 Å². The molecule has 0 aliphatic carbocycles. The molecule has 1 N–H and O–H groups in total. The lowest BCUT2D eigenvalue weighted by Gasteiger charge is -2.26. The van der Waals surface area contributed by atoms with Crippen LogP contribution in [0.4, 0.5) is 5.69 Å². The molecule has 1 aromatic carbocycles. The maximum Gasteiger partial charge on any atom is 0.311 e. The van der Waals surface area contributed by atoms with Crippen molar-refractivity contribution in [2.24, 2.45) is 5.92 Å². The number of hydrogen-bond acceptors (Lipinski definition) is 4. The van der Waals surface area contributed by atoms with Crippen molar-refractivity contribution in [1.29, 1.82) is 0 Å². The zero-order chi connectivity index (χ0) is 11.5. The number of nitrogens with one attached hydrogen (secondary N) is 1. The summed E-state index contributed by atoms with van der Waals surface area (Å²) in [6.45, 7) is 2.00. The van der Waals surface area contributed by atoms with Crippen LogP contribution in [0.25, 0.3) is 0 Å². The van der Waals surface area contributed by atoms with Gasteiger partial charge in [-0.3, -0.25) is 10.1 Å². The van der Waals surface area contributed by atoms with Crippen LogP contribution in [-0.2, 0) is 6.42 Å². The average Bonchev–Trinajstić information content (AvgIpc) is 2.23. The smallest absolute Gasteiger partial charge is 0.311 e. The highest BCUT2D eigenvalue weighted by Crippen LogP contribution is 2.28. The lowest BCUT2D eigenvalue weighted by molar-refractivity contribution is -0.385. The fourth-order valence-corrected chi connectivity index (χ4v) is 1.83. The van der Waals surface area contributed by atoms with Crippen molar-refractivity contribution >= 4 is 5.69 Å². The van der Waals surface area contributed by atoms with Gasteiger partial charge in [0.1, 0.15) is 0 Å². The first-order chi connectivity index (χ1) is 7.70. The third-order valence-corrected chi connectivity index (χ3v) is 2.83. The highest BCUT2D eigenvalue weighted by atomic mass is 16.6. The molecule has 1 aliphatic heterocycles. The Balaban J connectivity index is 2.20. The van der Waals surface area contributed by atoms with Gasteiger partial charge in [0.05, 0.1) is 12.0 Å². The predicted octanol–water partition coefficient (Wildman–Crippen LogP) is 1.37. The SMILES string of the molecule is COc1ccc(CC2CNC2)cc1[N+](=O)[O-]. The van der Waals surface area contributed by atoms with Gasteiger partial charge in [-0.15, -0.1) is 0 Å². The van der Waals surface area contributed by atoms with E-state index < -0.39 is 4.92 Å². The summed E-state index contributed by atoms with van der Waals surface area (Å²) in [5.41, 5.74) is 1.05. The van der Waals surface area contributed by atoms with Crippen molar-refractivity contribution in [1.82, 2.24) is 5.32 Å². The number of ether oxygens (including phenoxy) is 1. The van der Waals surface area contributed by atoms with E-state index in [9.17, 15) is 10.1 Å². The third-order valence-electron chi connectivity index (χ3n) is 2.83. The number of hydrogen-bond donors (Lipinski definition) is 1. The molecule has 86 valence electrons. The molecule has 1 saturated heterocycles. The second kappa shape index (κ2) is 4.49. The summed E-state index contributed by atoms with van der Waals surface area (Å²) in [4.78, 5) is 10.4. The zero-order valence-electron chi connectivity index (χ0n) is 9.10. The minimum absolute atomic E-state index is 0.0484. The summed E-state index contributed by atoms with van der Waals surface area (Å²) in [5, 5.41) is 14.0. The normalized spacial score (nSPS) is 15.6. The van der Waals surface area contributed by atoms with E-state index in [1.165, 1.54) is 7.11 Å². The molecule has 0 unspecified atom stereocenters. The van der Waals surface area contributed by atoms with Crippen molar-refractivity contribution in [3.05, 3.63) is 33.9 Å². The van der Waals surface area contributed by atoms with Gasteiger partial charge in [-0.1, -0.05) is 6.07 Å². The monoisotopic (exact) mass is 222 g/mol. The van der Waals surface area contributed by atoms with Crippen LogP contribution in [0.15, 0.2) is 18.2 Å². The van der Waals surface area contributed by atoms with E-state index >= 15 is 0 Å². The van der Waals surface area contributed by atoms with Gasteiger partial charge in [0.2, 0.25) is 0 Å². The summed E-state index contributed by atoms with van der Waals surface area (Å²) >= 11 is 0. The summed E-state index contributed by atoms with van der Waals surface area (Å²) in [5.74, 6) is 0.925. The number of nitro groups is 1. The van der Waals surface area contributed by atoms with E-state index in [2.05, 4.69) is 5.32 Å². The van der Waals surface area contributed by atoms with Gasteiger partial charge in [0.25, 0.3) is 0 Å². The molecule has 5 nitrogen and oxygen atoms in total. The molecule has 16 heavy (non-hydrogen) atoms. The summed E-state index contributed by atoms with van der Waals surface area (Å²) in [7, 11) is 1.44. The molecule has 0 amide bonds. The second-order valence-corrected chi connectivity index (χ2v) is 3.99. The summed E-state index contributed by atoms with van der Waals surface area (Å²) < 4.78 is 4.95. The lowest BCUT2D eigenvalue weighted by atomic mass is 9.94. The number of nitro benzene ring substituents is 1. The van der Waals surface area contributed by atoms with Gasteiger partial charge >= 0.3 is 5.69 Å². The fraction of sp³-hybridized carbons (Fsp3) is 0.455. The molecule has 0 bridgehead atoms. The maximum absolute atomic E-state index is 10.8. The van der Waals surface area contributed by atoms with Crippen molar-refractivity contribution in [2.75, 3.05) is 20.2 Å². The van der Waals surface area contributed by atoms with Crippen LogP contribution in [-0.4, -0.2) is 25.1 Å². The average molecular weight is 222 g/mol. The predicted molar refractivity (Wildman–Crippen MR) is 59.7 cm³/mol. The van der Waals surface area contributed by atoms with E-state index in [-0.39, 0.29) is 5.69 Å². The Bertz CT molecular complexity index is 402. The molecule has 1 fully saturated rings.